The van der Waals surface area contributed by atoms with Crippen molar-refractivity contribution < 1.29 is 4.58 Å². The second-order valence-electron chi connectivity index (χ2n) is 6.92. The predicted octanol–water partition coefficient (Wildman–Crippen LogP) is 4.08. The van der Waals surface area contributed by atoms with Crippen LogP contribution in [0.5, 0.6) is 0 Å². The molecule has 0 bridgehead atoms. The first-order valence-electron chi connectivity index (χ1n) is 8.64. The van der Waals surface area contributed by atoms with Gasteiger partial charge in [0.1, 0.15) is 0 Å². The number of rotatable bonds is 3. The average molecular weight is 391 g/mol. The molecule has 25 heavy (non-hydrogen) atoms. The van der Waals surface area contributed by atoms with E-state index in [-0.39, 0.29) is 5.41 Å². The Labute approximate surface area is 156 Å². The van der Waals surface area contributed by atoms with E-state index in [1.165, 1.54) is 22.4 Å². The van der Waals surface area contributed by atoms with Crippen molar-refractivity contribution >= 4 is 31.3 Å². The normalized spacial score (nSPS) is 13.9. The third-order valence-corrected chi connectivity index (χ3v) is 7.36. The van der Waals surface area contributed by atoms with E-state index in [2.05, 4.69) is 104 Å². The molecule has 0 atom stereocenters. The van der Waals surface area contributed by atoms with E-state index in [0.29, 0.717) is 15.0 Å². The molecular formula is C23H22NSe+. The minimum absolute atomic E-state index is 0.0249. The van der Waals surface area contributed by atoms with Gasteiger partial charge in [-0.1, -0.05) is 0 Å². The van der Waals surface area contributed by atoms with Gasteiger partial charge in [0.2, 0.25) is 0 Å². The molecule has 3 aromatic carbocycles. The fraction of sp³-hybridized carbons (Fsp3) is 0.174. The molecule has 0 spiro atoms. The summed E-state index contributed by atoms with van der Waals surface area (Å²) in [5.74, 6) is 0. The molecule has 0 amide bonds. The van der Waals surface area contributed by atoms with Gasteiger partial charge in [0.15, 0.2) is 0 Å². The average Bonchev–Trinajstić information content (AvgIpc) is 2.68. The van der Waals surface area contributed by atoms with Crippen LogP contribution >= 0.6 is 0 Å². The van der Waals surface area contributed by atoms with Crippen LogP contribution in [0.4, 0.5) is 5.69 Å². The summed E-state index contributed by atoms with van der Waals surface area (Å²) in [6.45, 7) is 4.69. The quantitative estimate of drug-likeness (QED) is 0.468. The van der Waals surface area contributed by atoms with E-state index in [1.807, 2.05) is 0 Å². The molecule has 0 aliphatic carbocycles. The van der Waals surface area contributed by atoms with Gasteiger partial charge in [0, 0.05) is 0 Å². The van der Waals surface area contributed by atoms with E-state index in [1.54, 1.807) is 4.46 Å². The van der Waals surface area contributed by atoms with Crippen molar-refractivity contribution in [2.75, 3.05) is 5.44 Å². The zero-order valence-corrected chi connectivity index (χ0v) is 16.4. The van der Waals surface area contributed by atoms with Gasteiger partial charge in [0.25, 0.3) is 0 Å². The Hall–Kier alpha value is -2.15. The number of hydrogen-bond donors (Lipinski definition) is 0. The van der Waals surface area contributed by atoms with E-state index in [4.69, 9.17) is 0 Å². The third kappa shape index (κ3) is 3.08. The number of para-hydroxylation sites is 1. The molecule has 0 radical (unpaired) electrons. The minimum atomic E-state index is 0.0249. The van der Waals surface area contributed by atoms with Gasteiger partial charge in [-0.2, -0.15) is 0 Å². The fourth-order valence-electron chi connectivity index (χ4n) is 3.43. The van der Waals surface area contributed by atoms with Gasteiger partial charge in [-0.15, -0.1) is 0 Å². The number of fused-ring (bicyclic) bond motifs is 1. The maximum atomic E-state index is 2.39. The number of benzene rings is 3. The number of nitrogens with zero attached hydrogens (tertiary/aromatic N) is 1. The Morgan fingerprint density at radius 2 is 1.48 bits per heavy atom. The SMILES string of the molecule is CC(C)(c1ccccc1)c1cccc2c1[Se]C[N+](c1ccccc1)=C2. The van der Waals surface area contributed by atoms with Crippen molar-refractivity contribution in [2.45, 2.75) is 19.3 Å². The molecule has 1 heterocycles. The third-order valence-electron chi connectivity index (χ3n) is 4.95. The van der Waals surface area contributed by atoms with Crippen LogP contribution < -0.4 is 4.46 Å². The second kappa shape index (κ2) is 6.63. The van der Waals surface area contributed by atoms with E-state index in [0.717, 1.165) is 5.44 Å². The van der Waals surface area contributed by atoms with Crippen LogP contribution in [0.2, 0.25) is 0 Å². The van der Waals surface area contributed by atoms with Crippen LogP contribution in [-0.4, -0.2) is 31.2 Å². The summed E-state index contributed by atoms with van der Waals surface area (Å²) in [6, 6.07) is 28.3. The first kappa shape index (κ1) is 16.3. The van der Waals surface area contributed by atoms with Crippen LogP contribution in [0.15, 0.2) is 78.9 Å². The van der Waals surface area contributed by atoms with Crippen molar-refractivity contribution in [1.29, 1.82) is 0 Å². The summed E-state index contributed by atoms with van der Waals surface area (Å²) >= 11 is 0.433. The van der Waals surface area contributed by atoms with Crippen molar-refractivity contribution in [3.8, 4) is 0 Å². The van der Waals surface area contributed by atoms with Crippen LogP contribution in [0, 0.1) is 0 Å². The zero-order valence-electron chi connectivity index (χ0n) is 14.6. The van der Waals surface area contributed by atoms with Gasteiger partial charge in [-0.3, -0.25) is 0 Å². The standard InChI is InChI=1S/C23H22NSe/c1-23(2,19-11-5-3-6-12-19)21-15-9-10-18-16-24(17-25-22(18)21)20-13-7-4-8-14-20/h3-16H,17H2,1-2H3/q+1. The Bertz CT molecular complexity index is 911. The first-order valence-corrected chi connectivity index (χ1v) is 10.7. The van der Waals surface area contributed by atoms with E-state index >= 15 is 0 Å². The second-order valence-corrected chi connectivity index (χ2v) is 8.93. The summed E-state index contributed by atoms with van der Waals surface area (Å²) in [6.07, 6.45) is 2.32. The predicted molar refractivity (Wildman–Crippen MR) is 107 cm³/mol. The Morgan fingerprint density at radius 1 is 0.800 bits per heavy atom. The van der Waals surface area contributed by atoms with E-state index < -0.39 is 0 Å². The van der Waals surface area contributed by atoms with Gasteiger partial charge >= 0.3 is 156 Å². The topological polar surface area (TPSA) is 3.01 Å². The van der Waals surface area contributed by atoms with Crippen LogP contribution in [0.3, 0.4) is 0 Å². The van der Waals surface area contributed by atoms with Crippen LogP contribution in [0.25, 0.3) is 0 Å². The summed E-state index contributed by atoms with van der Waals surface area (Å²) in [5, 5.41) is 0. The molecule has 1 aliphatic heterocycles. The molecular weight excluding hydrogens is 369 g/mol. The van der Waals surface area contributed by atoms with Crippen molar-refractivity contribution in [1.82, 2.24) is 0 Å². The molecule has 0 N–H and O–H groups in total. The Kier molecular flexibility index (Phi) is 4.33. The molecule has 0 saturated carbocycles. The molecule has 0 aromatic heterocycles. The molecule has 1 nitrogen and oxygen atoms in total. The molecule has 0 saturated heterocycles. The maximum absolute atomic E-state index is 2.39. The summed E-state index contributed by atoms with van der Waals surface area (Å²) in [5.41, 5.74) is 6.62. The number of hydrogen-bond acceptors (Lipinski definition) is 0. The van der Waals surface area contributed by atoms with Gasteiger partial charge in [0.05, 0.1) is 0 Å². The molecule has 3 aromatic rings. The summed E-state index contributed by atoms with van der Waals surface area (Å²) in [7, 11) is 0. The molecule has 1 aliphatic rings. The van der Waals surface area contributed by atoms with Gasteiger partial charge < -0.3 is 0 Å². The van der Waals surface area contributed by atoms with Crippen molar-refractivity contribution in [3.05, 3.63) is 95.6 Å². The summed E-state index contributed by atoms with van der Waals surface area (Å²) in [4.78, 5) is 0. The zero-order chi connectivity index (χ0) is 17.3. The summed E-state index contributed by atoms with van der Waals surface area (Å²) < 4.78 is 3.94. The Balaban J connectivity index is 1.79. The monoisotopic (exact) mass is 392 g/mol. The fourth-order valence-corrected chi connectivity index (χ4v) is 6.07. The van der Waals surface area contributed by atoms with Crippen molar-refractivity contribution in [3.63, 3.8) is 0 Å². The molecule has 4 rings (SSSR count). The molecule has 2 heteroatoms. The Morgan fingerprint density at radius 3 is 2.20 bits per heavy atom. The van der Waals surface area contributed by atoms with Crippen LogP contribution in [0.1, 0.15) is 30.5 Å². The van der Waals surface area contributed by atoms with E-state index in [9.17, 15) is 0 Å². The van der Waals surface area contributed by atoms with Gasteiger partial charge in [-0.25, -0.2) is 0 Å². The first-order chi connectivity index (χ1) is 12.2. The molecule has 124 valence electrons. The van der Waals surface area contributed by atoms with Gasteiger partial charge in [-0.05, 0) is 0 Å². The van der Waals surface area contributed by atoms with Crippen molar-refractivity contribution in [2.24, 2.45) is 0 Å². The molecule has 0 unspecified atom stereocenters. The molecule has 0 fully saturated rings. The van der Waals surface area contributed by atoms with Crippen LogP contribution in [-0.2, 0) is 5.41 Å².